The van der Waals surface area contributed by atoms with E-state index >= 15 is 0 Å². The van der Waals surface area contributed by atoms with E-state index < -0.39 is 0 Å². The Morgan fingerprint density at radius 3 is 2.95 bits per heavy atom. The normalized spacial score (nSPS) is 16.5. The minimum Gasteiger partial charge on any atom is -0.361 e. The summed E-state index contributed by atoms with van der Waals surface area (Å²) in [5.74, 6) is 1.96. The van der Waals surface area contributed by atoms with Gasteiger partial charge in [0.15, 0.2) is 0 Å². The van der Waals surface area contributed by atoms with Crippen molar-refractivity contribution in [1.82, 2.24) is 15.1 Å². The molecule has 1 saturated heterocycles. The van der Waals surface area contributed by atoms with Crippen molar-refractivity contribution in [1.29, 1.82) is 0 Å². The van der Waals surface area contributed by atoms with Gasteiger partial charge in [-0.1, -0.05) is 5.16 Å². The Morgan fingerprint density at radius 1 is 1.32 bits per heavy atom. The molecular formula is C15H18N5OS+. The lowest BCUT2D eigenvalue weighted by Gasteiger charge is -2.32. The molecule has 3 aromatic rings. The molecule has 7 heteroatoms. The fourth-order valence-corrected chi connectivity index (χ4v) is 3.73. The van der Waals surface area contributed by atoms with Crippen LogP contribution in [0.25, 0.3) is 10.2 Å². The maximum atomic E-state index is 5.15. The zero-order valence-corrected chi connectivity index (χ0v) is 13.3. The van der Waals surface area contributed by atoms with E-state index in [1.807, 2.05) is 13.0 Å². The van der Waals surface area contributed by atoms with Gasteiger partial charge in [0, 0.05) is 6.07 Å². The van der Waals surface area contributed by atoms with Crippen LogP contribution >= 0.6 is 11.3 Å². The number of aryl methyl sites for hydroxylation is 1. The Hall–Kier alpha value is -1.99. The molecule has 0 radical (unpaired) electrons. The fraction of sp³-hybridized carbons (Fsp3) is 0.400. The SMILES string of the molecule is Cc1cc(C[NH+]2CCN(c3ncnc4sccc34)CC2)no1. The van der Waals surface area contributed by atoms with Gasteiger partial charge in [0.1, 0.15) is 35.0 Å². The molecule has 3 aromatic heterocycles. The maximum Gasteiger partial charge on any atom is 0.141 e. The van der Waals surface area contributed by atoms with Crippen LogP contribution < -0.4 is 9.80 Å². The van der Waals surface area contributed by atoms with Crippen LogP contribution in [0, 0.1) is 6.92 Å². The molecule has 0 unspecified atom stereocenters. The molecule has 0 bridgehead atoms. The molecule has 0 aromatic carbocycles. The maximum absolute atomic E-state index is 5.15. The third kappa shape index (κ3) is 2.57. The second-order valence-electron chi connectivity index (χ2n) is 5.68. The van der Waals surface area contributed by atoms with Crippen molar-refractivity contribution in [3.63, 3.8) is 0 Å². The van der Waals surface area contributed by atoms with Gasteiger partial charge in [0.25, 0.3) is 0 Å². The molecule has 1 aliphatic rings. The third-order valence-electron chi connectivity index (χ3n) is 4.12. The van der Waals surface area contributed by atoms with E-state index in [9.17, 15) is 0 Å². The van der Waals surface area contributed by atoms with Crippen molar-refractivity contribution in [2.24, 2.45) is 0 Å². The number of quaternary nitrogens is 1. The van der Waals surface area contributed by atoms with Gasteiger partial charge >= 0.3 is 0 Å². The van der Waals surface area contributed by atoms with Crippen LogP contribution in [-0.4, -0.2) is 41.3 Å². The van der Waals surface area contributed by atoms with Crippen molar-refractivity contribution in [2.45, 2.75) is 13.5 Å². The van der Waals surface area contributed by atoms with Gasteiger partial charge in [-0.05, 0) is 18.4 Å². The number of rotatable bonds is 3. The van der Waals surface area contributed by atoms with Gasteiger partial charge in [0.2, 0.25) is 0 Å². The van der Waals surface area contributed by atoms with Crippen LogP contribution in [0.3, 0.4) is 0 Å². The Morgan fingerprint density at radius 2 is 2.18 bits per heavy atom. The lowest BCUT2D eigenvalue weighted by molar-refractivity contribution is -0.914. The molecule has 0 saturated carbocycles. The van der Waals surface area contributed by atoms with E-state index in [4.69, 9.17) is 4.52 Å². The second-order valence-corrected chi connectivity index (χ2v) is 6.57. The number of aromatic nitrogens is 3. The zero-order valence-electron chi connectivity index (χ0n) is 12.5. The van der Waals surface area contributed by atoms with E-state index in [2.05, 4.69) is 31.5 Å². The molecule has 0 atom stereocenters. The molecule has 1 aliphatic heterocycles. The highest BCUT2D eigenvalue weighted by atomic mass is 32.1. The van der Waals surface area contributed by atoms with Crippen LogP contribution in [0.15, 0.2) is 28.4 Å². The first-order valence-corrected chi connectivity index (χ1v) is 8.36. The number of piperazine rings is 1. The van der Waals surface area contributed by atoms with Crippen molar-refractivity contribution in [2.75, 3.05) is 31.1 Å². The molecule has 6 nitrogen and oxygen atoms in total. The van der Waals surface area contributed by atoms with Crippen molar-refractivity contribution < 1.29 is 9.42 Å². The molecule has 1 fully saturated rings. The summed E-state index contributed by atoms with van der Waals surface area (Å²) in [4.78, 5) is 13.8. The predicted molar refractivity (Wildman–Crippen MR) is 85.3 cm³/mol. The lowest BCUT2D eigenvalue weighted by Crippen LogP contribution is -3.13. The van der Waals surface area contributed by atoms with Crippen LogP contribution in [0.2, 0.25) is 0 Å². The first-order valence-electron chi connectivity index (χ1n) is 7.48. The first-order chi connectivity index (χ1) is 10.8. The monoisotopic (exact) mass is 316 g/mol. The van der Waals surface area contributed by atoms with Crippen LogP contribution in [0.1, 0.15) is 11.5 Å². The standard InChI is InChI=1S/C15H17N5OS/c1-11-8-12(18-21-11)9-19-3-5-20(6-4-19)14-13-2-7-22-15(13)17-10-16-14/h2,7-8,10H,3-6,9H2,1H3/p+1. The number of fused-ring (bicyclic) bond motifs is 1. The van der Waals surface area contributed by atoms with Gasteiger partial charge in [0.05, 0.1) is 31.6 Å². The Balaban J connectivity index is 1.44. The second kappa shape index (κ2) is 5.66. The van der Waals surface area contributed by atoms with Crippen LogP contribution in [0.5, 0.6) is 0 Å². The largest absolute Gasteiger partial charge is 0.361 e. The Kier molecular flexibility index (Phi) is 3.51. The summed E-state index contributed by atoms with van der Waals surface area (Å²) in [6, 6.07) is 4.14. The number of nitrogens with one attached hydrogen (secondary N) is 1. The van der Waals surface area contributed by atoms with Crippen molar-refractivity contribution in [3.05, 3.63) is 35.3 Å². The summed E-state index contributed by atoms with van der Waals surface area (Å²) in [5.41, 5.74) is 1.04. The van der Waals surface area contributed by atoms with Gasteiger partial charge in [-0.3, -0.25) is 0 Å². The minimum atomic E-state index is 0.883. The summed E-state index contributed by atoms with van der Waals surface area (Å²) in [6.07, 6.45) is 1.67. The Bertz CT molecular complexity index is 775. The quantitative estimate of drug-likeness (QED) is 0.778. The Labute approximate surface area is 132 Å². The van der Waals surface area contributed by atoms with E-state index in [0.717, 1.165) is 54.8 Å². The highest BCUT2D eigenvalue weighted by Crippen LogP contribution is 2.26. The minimum absolute atomic E-state index is 0.883. The smallest absolute Gasteiger partial charge is 0.141 e. The molecule has 0 aliphatic carbocycles. The third-order valence-corrected chi connectivity index (χ3v) is 4.94. The molecular weight excluding hydrogens is 298 g/mol. The molecule has 0 amide bonds. The highest BCUT2D eigenvalue weighted by molar-refractivity contribution is 7.16. The van der Waals surface area contributed by atoms with Gasteiger partial charge in [-0.2, -0.15) is 0 Å². The average Bonchev–Trinajstić information content (AvgIpc) is 3.16. The summed E-state index contributed by atoms with van der Waals surface area (Å²) in [7, 11) is 0. The van der Waals surface area contributed by atoms with Crippen molar-refractivity contribution >= 4 is 27.4 Å². The molecule has 0 spiro atoms. The zero-order chi connectivity index (χ0) is 14.9. The topological polar surface area (TPSA) is 59.5 Å². The number of hydrogen-bond acceptors (Lipinski definition) is 6. The number of nitrogens with zero attached hydrogens (tertiary/aromatic N) is 4. The molecule has 114 valence electrons. The van der Waals surface area contributed by atoms with Crippen LogP contribution in [0.4, 0.5) is 5.82 Å². The van der Waals surface area contributed by atoms with Crippen molar-refractivity contribution in [3.8, 4) is 0 Å². The molecule has 22 heavy (non-hydrogen) atoms. The summed E-state index contributed by atoms with van der Waals surface area (Å²) < 4.78 is 5.15. The number of thiophene rings is 1. The first kappa shape index (κ1) is 13.7. The summed E-state index contributed by atoms with van der Waals surface area (Å²) >= 11 is 1.67. The molecule has 4 rings (SSSR count). The fourth-order valence-electron chi connectivity index (χ4n) is 3.00. The highest BCUT2D eigenvalue weighted by Gasteiger charge is 2.23. The number of anilines is 1. The van der Waals surface area contributed by atoms with Crippen LogP contribution in [-0.2, 0) is 6.54 Å². The van der Waals surface area contributed by atoms with E-state index in [-0.39, 0.29) is 0 Å². The van der Waals surface area contributed by atoms with Gasteiger partial charge in [-0.15, -0.1) is 11.3 Å². The van der Waals surface area contributed by atoms with E-state index in [0.29, 0.717) is 0 Å². The number of hydrogen-bond donors (Lipinski definition) is 1. The molecule has 4 heterocycles. The average molecular weight is 316 g/mol. The summed E-state index contributed by atoms with van der Waals surface area (Å²) in [6.45, 7) is 7.05. The lowest BCUT2D eigenvalue weighted by atomic mass is 10.2. The van der Waals surface area contributed by atoms with E-state index in [1.54, 1.807) is 22.6 Å². The predicted octanol–water partition coefficient (Wildman–Crippen LogP) is 0.893. The van der Waals surface area contributed by atoms with Gasteiger partial charge in [-0.25, -0.2) is 9.97 Å². The van der Waals surface area contributed by atoms with E-state index in [1.165, 1.54) is 5.39 Å². The summed E-state index contributed by atoms with van der Waals surface area (Å²) in [5, 5.41) is 7.34. The molecule has 1 N–H and O–H groups in total. The van der Waals surface area contributed by atoms with Gasteiger partial charge < -0.3 is 14.3 Å².